The van der Waals surface area contributed by atoms with Crippen LogP contribution in [0.15, 0.2) is 103 Å². The number of rotatable bonds is 7. The fraction of sp³-hybridized carbons (Fsp3) is 0.115. The van der Waals surface area contributed by atoms with E-state index < -0.39 is 16.8 Å². The molecule has 0 unspecified atom stereocenters. The molecule has 0 heterocycles. The van der Waals surface area contributed by atoms with E-state index in [1.807, 2.05) is 48.5 Å². The van der Waals surface area contributed by atoms with E-state index in [0.29, 0.717) is 0 Å². The number of nitrogens with two attached hydrogens (primary N) is 1. The summed E-state index contributed by atoms with van der Waals surface area (Å²) in [6, 6.07) is 34.3. The smallest absolute Gasteiger partial charge is 0.321 e. The quantitative estimate of drug-likeness (QED) is 0.405. The number of benzene rings is 4. The van der Waals surface area contributed by atoms with Gasteiger partial charge in [0.25, 0.3) is 0 Å². The van der Waals surface area contributed by atoms with Crippen LogP contribution in [0.1, 0.15) is 16.7 Å². The van der Waals surface area contributed by atoms with E-state index in [2.05, 4.69) is 54.6 Å². The van der Waals surface area contributed by atoms with Gasteiger partial charge in [-0.2, -0.15) is 0 Å². The van der Waals surface area contributed by atoms with Crippen LogP contribution < -0.4 is 5.73 Å². The van der Waals surface area contributed by atoms with Gasteiger partial charge in [-0.15, -0.1) is 11.8 Å². The van der Waals surface area contributed by atoms with Crippen LogP contribution in [0.2, 0.25) is 0 Å². The first-order valence-electron chi connectivity index (χ1n) is 9.84. The zero-order chi connectivity index (χ0) is 21.0. The molecule has 0 bridgehead atoms. The van der Waals surface area contributed by atoms with E-state index in [4.69, 9.17) is 5.73 Å². The van der Waals surface area contributed by atoms with E-state index in [9.17, 15) is 9.90 Å². The highest BCUT2D eigenvalue weighted by molar-refractivity contribution is 8.00. The molecule has 4 aromatic rings. The molecule has 4 aromatic carbocycles. The number of fused-ring (bicyclic) bond motifs is 1. The standard InChI is InChI=1S/C26H23NO2S/c27-24(25(28)29)18-30-26(21-11-3-1-4-12-21,22-13-5-2-6-14-22)23-16-15-19-9-7-8-10-20(19)17-23/h1-17,24H,18,27H2,(H,28,29)/t24-/m1/s1. The molecule has 0 saturated heterocycles. The second-order valence-electron chi connectivity index (χ2n) is 7.23. The lowest BCUT2D eigenvalue weighted by Gasteiger charge is -2.36. The predicted molar refractivity (Wildman–Crippen MR) is 125 cm³/mol. The zero-order valence-electron chi connectivity index (χ0n) is 16.4. The average molecular weight is 414 g/mol. The molecule has 0 radical (unpaired) electrons. The van der Waals surface area contributed by atoms with Gasteiger partial charge in [-0.1, -0.05) is 97.1 Å². The average Bonchev–Trinajstić information content (AvgIpc) is 2.80. The number of carboxylic acid groups (broad SMARTS) is 1. The monoisotopic (exact) mass is 413 g/mol. The van der Waals surface area contributed by atoms with Crippen LogP contribution in [0, 0.1) is 0 Å². The van der Waals surface area contributed by atoms with E-state index in [0.717, 1.165) is 22.1 Å². The SMILES string of the molecule is N[C@H](CSC(c1ccccc1)(c1ccccc1)c1ccc2ccccc2c1)C(=O)O. The number of hydrogen-bond acceptors (Lipinski definition) is 3. The molecule has 0 aromatic heterocycles. The second-order valence-corrected chi connectivity index (χ2v) is 8.47. The Labute approximate surface area is 180 Å². The van der Waals surface area contributed by atoms with Gasteiger partial charge in [-0.3, -0.25) is 4.79 Å². The van der Waals surface area contributed by atoms with Gasteiger partial charge >= 0.3 is 5.97 Å². The van der Waals surface area contributed by atoms with Gasteiger partial charge in [-0.25, -0.2) is 0 Å². The Kier molecular flexibility index (Phi) is 5.88. The van der Waals surface area contributed by atoms with Crippen molar-refractivity contribution in [2.75, 3.05) is 5.75 Å². The van der Waals surface area contributed by atoms with Crippen molar-refractivity contribution in [3.05, 3.63) is 120 Å². The van der Waals surface area contributed by atoms with Gasteiger partial charge in [-0.05, 0) is 33.5 Å². The minimum atomic E-state index is -0.990. The Bertz CT molecular complexity index is 1110. The summed E-state index contributed by atoms with van der Waals surface area (Å²) in [6.07, 6.45) is 0. The third-order valence-corrected chi connectivity index (χ3v) is 6.98. The Hall–Kier alpha value is -3.08. The molecule has 30 heavy (non-hydrogen) atoms. The second kappa shape index (κ2) is 8.74. The van der Waals surface area contributed by atoms with Crippen molar-refractivity contribution >= 4 is 28.5 Å². The first-order chi connectivity index (χ1) is 14.6. The van der Waals surface area contributed by atoms with Crippen LogP contribution in [0.3, 0.4) is 0 Å². The highest BCUT2D eigenvalue weighted by atomic mass is 32.2. The maximum absolute atomic E-state index is 11.5. The lowest BCUT2D eigenvalue weighted by Crippen LogP contribution is -2.36. The Morgan fingerprint density at radius 3 is 1.87 bits per heavy atom. The molecule has 4 heteroatoms. The first-order valence-corrected chi connectivity index (χ1v) is 10.8. The molecule has 0 aliphatic rings. The summed E-state index contributed by atoms with van der Waals surface area (Å²) in [4.78, 5) is 11.5. The third kappa shape index (κ3) is 3.84. The van der Waals surface area contributed by atoms with Crippen LogP contribution >= 0.6 is 11.8 Å². The largest absolute Gasteiger partial charge is 0.480 e. The minimum Gasteiger partial charge on any atom is -0.480 e. The van der Waals surface area contributed by atoms with E-state index >= 15 is 0 Å². The summed E-state index contributed by atoms with van der Waals surface area (Å²) < 4.78 is -0.584. The molecule has 1 atom stereocenters. The fourth-order valence-electron chi connectivity index (χ4n) is 3.79. The fourth-order valence-corrected chi connectivity index (χ4v) is 5.26. The summed E-state index contributed by atoms with van der Waals surface area (Å²) in [5.41, 5.74) is 9.21. The molecule has 150 valence electrons. The van der Waals surface area contributed by atoms with Crippen LogP contribution in [-0.4, -0.2) is 22.9 Å². The van der Waals surface area contributed by atoms with Gasteiger partial charge in [0.05, 0.1) is 4.75 Å². The van der Waals surface area contributed by atoms with Crippen LogP contribution in [-0.2, 0) is 9.54 Å². The summed E-state index contributed by atoms with van der Waals surface area (Å²) in [7, 11) is 0. The highest BCUT2D eigenvalue weighted by Gasteiger charge is 2.38. The maximum Gasteiger partial charge on any atom is 0.321 e. The van der Waals surface area contributed by atoms with Crippen molar-refractivity contribution in [2.24, 2.45) is 5.73 Å². The van der Waals surface area contributed by atoms with Crippen molar-refractivity contribution < 1.29 is 9.90 Å². The van der Waals surface area contributed by atoms with Gasteiger partial charge in [0, 0.05) is 5.75 Å². The van der Waals surface area contributed by atoms with Gasteiger partial charge < -0.3 is 10.8 Å². The molecule has 0 saturated carbocycles. The molecule has 4 rings (SSSR count). The van der Waals surface area contributed by atoms with Crippen molar-refractivity contribution in [3.63, 3.8) is 0 Å². The zero-order valence-corrected chi connectivity index (χ0v) is 17.3. The molecule has 0 aliphatic carbocycles. The van der Waals surface area contributed by atoms with E-state index in [-0.39, 0.29) is 5.75 Å². The molecular formula is C26H23NO2S. The molecule has 3 nitrogen and oxygen atoms in total. The molecule has 0 spiro atoms. The van der Waals surface area contributed by atoms with Crippen LogP contribution in [0.25, 0.3) is 10.8 Å². The first kappa shape index (κ1) is 20.2. The lowest BCUT2D eigenvalue weighted by molar-refractivity contribution is -0.137. The minimum absolute atomic E-state index is 0.284. The molecule has 0 fully saturated rings. The Morgan fingerprint density at radius 1 is 0.767 bits per heavy atom. The maximum atomic E-state index is 11.5. The normalized spacial score (nSPS) is 12.6. The summed E-state index contributed by atoms with van der Waals surface area (Å²) in [5.74, 6) is -0.706. The topological polar surface area (TPSA) is 63.3 Å². The van der Waals surface area contributed by atoms with Crippen LogP contribution in [0.4, 0.5) is 0 Å². The molecular weight excluding hydrogens is 390 g/mol. The van der Waals surface area contributed by atoms with Gasteiger partial charge in [0.15, 0.2) is 0 Å². The number of aliphatic carboxylic acids is 1. The van der Waals surface area contributed by atoms with Gasteiger partial charge in [0.1, 0.15) is 6.04 Å². The predicted octanol–water partition coefficient (Wildman–Crippen LogP) is 5.28. The Morgan fingerprint density at radius 2 is 1.30 bits per heavy atom. The number of thioether (sulfide) groups is 1. The number of carboxylic acids is 1. The lowest BCUT2D eigenvalue weighted by atomic mass is 9.83. The summed E-state index contributed by atoms with van der Waals surface area (Å²) in [5, 5.41) is 11.7. The van der Waals surface area contributed by atoms with E-state index in [1.54, 1.807) is 11.8 Å². The Balaban J connectivity index is 1.96. The van der Waals surface area contributed by atoms with Crippen LogP contribution in [0.5, 0.6) is 0 Å². The number of carbonyl (C=O) groups is 1. The van der Waals surface area contributed by atoms with Crippen molar-refractivity contribution in [3.8, 4) is 0 Å². The van der Waals surface area contributed by atoms with Crippen molar-refractivity contribution in [2.45, 2.75) is 10.8 Å². The molecule has 0 amide bonds. The van der Waals surface area contributed by atoms with Crippen molar-refractivity contribution in [1.82, 2.24) is 0 Å². The van der Waals surface area contributed by atoms with E-state index in [1.165, 1.54) is 5.39 Å². The number of hydrogen-bond donors (Lipinski definition) is 2. The summed E-state index contributed by atoms with van der Waals surface area (Å²) in [6.45, 7) is 0. The van der Waals surface area contributed by atoms with Crippen molar-refractivity contribution in [1.29, 1.82) is 0 Å². The van der Waals surface area contributed by atoms with Gasteiger partial charge in [0.2, 0.25) is 0 Å². The summed E-state index contributed by atoms with van der Waals surface area (Å²) >= 11 is 1.57. The molecule has 3 N–H and O–H groups in total. The third-order valence-electron chi connectivity index (χ3n) is 5.31. The highest BCUT2D eigenvalue weighted by Crippen LogP contribution is 2.49. The molecule has 0 aliphatic heterocycles.